The van der Waals surface area contributed by atoms with Gasteiger partial charge in [-0.1, -0.05) is 23.7 Å². The molecule has 0 bridgehead atoms. The second-order valence-electron chi connectivity index (χ2n) is 5.41. The van der Waals surface area contributed by atoms with Crippen LogP contribution in [-0.2, 0) is 9.59 Å². The quantitative estimate of drug-likeness (QED) is 0.813. The lowest BCUT2D eigenvalue weighted by Gasteiger charge is -2.07. The highest BCUT2D eigenvalue weighted by Crippen LogP contribution is 2.40. The zero-order valence-electron chi connectivity index (χ0n) is 12.1. The number of nitrogens with one attached hydrogen (secondary N) is 2. The van der Waals surface area contributed by atoms with Gasteiger partial charge in [0.05, 0.1) is 17.5 Å². The fraction of sp³-hybridized carbons (Fsp3) is 0.176. The van der Waals surface area contributed by atoms with E-state index in [0.29, 0.717) is 22.8 Å². The van der Waals surface area contributed by atoms with E-state index in [0.717, 1.165) is 4.47 Å². The third kappa shape index (κ3) is 3.92. The Morgan fingerprint density at radius 1 is 0.957 bits per heavy atom. The minimum atomic E-state index is -0.284. The van der Waals surface area contributed by atoms with Crippen LogP contribution >= 0.6 is 27.5 Å². The highest BCUT2D eigenvalue weighted by molar-refractivity contribution is 9.10. The van der Waals surface area contributed by atoms with E-state index in [1.54, 1.807) is 24.3 Å². The maximum absolute atomic E-state index is 12.2. The molecule has 1 aliphatic rings. The lowest BCUT2D eigenvalue weighted by atomic mass is 10.2. The Morgan fingerprint density at radius 3 is 2.22 bits per heavy atom. The molecule has 118 valence electrons. The van der Waals surface area contributed by atoms with Gasteiger partial charge in [-0.05, 0) is 58.7 Å². The summed E-state index contributed by atoms with van der Waals surface area (Å²) in [4.78, 5) is 24.4. The Labute approximate surface area is 147 Å². The first-order chi connectivity index (χ1) is 11.0. The van der Waals surface area contributed by atoms with Crippen molar-refractivity contribution in [2.24, 2.45) is 11.8 Å². The van der Waals surface area contributed by atoms with Crippen molar-refractivity contribution in [2.75, 3.05) is 10.6 Å². The number of rotatable bonds is 4. The molecule has 23 heavy (non-hydrogen) atoms. The molecular formula is C17H14BrClN2O2. The van der Waals surface area contributed by atoms with Crippen LogP contribution in [0.3, 0.4) is 0 Å². The second-order valence-corrected chi connectivity index (χ2v) is 6.70. The van der Waals surface area contributed by atoms with Crippen LogP contribution in [-0.4, -0.2) is 11.8 Å². The Hall–Kier alpha value is -1.85. The first kappa shape index (κ1) is 16.0. The molecule has 2 unspecified atom stereocenters. The minimum Gasteiger partial charge on any atom is -0.326 e. The van der Waals surface area contributed by atoms with Crippen molar-refractivity contribution in [1.29, 1.82) is 0 Å². The standard InChI is InChI=1S/C17H14BrClN2O2/c18-14-3-1-2-4-15(14)21-17(23)13-9-12(13)16(22)20-11-7-5-10(19)6-8-11/h1-8,12-13H,9H2,(H,20,22)(H,21,23). The lowest BCUT2D eigenvalue weighted by Crippen LogP contribution is -2.20. The second kappa shape index (κ2) is 6.72. The van der Waals surface area contributed by atoms with E-state index in [1.807, 2.05) is 24.3 Å². The third-order valence-electron chi connectivity index (χ3n) is 3.71. The van der Waals surface area contributed by atoms with Gasteiger partial charge in [0.15, 0.2) is 0 Å². The number of hydrogen-bond acceptors (Lipinski definition) is 2. The summed E-state index contributed by atoms with van der Waals surface area (Å²) in [7, 11) is 0. The number of para-hydroxylation sites is 1. The van der Waals surface area contributed by atoms with Crippen LogP contribution < -0.4 is 10.6 Å². The molecule has 0 heterocycles. The number of anilines is 2. The summed E-state index contributed by atoms with van der Waals surface area (Å²) in [5.41, 5.74) is 1.39. The number of carbonyl (C=O) groups excluding carboxylic acids is 2. The highest BCUT2D eigenvalue weighted by Gasteiger charge is 2.48. The topological polar surface area (TPSA) is 58.2 Å². The van der Waals surface area contributed by atoms with Gasteiger partial charge < -0.3 is 10.6 Å². The molecule has 2 aromatic rings. The van der Waals surface area contributed by atoms with Gasteiger partial charge in [-0.3, -0.25) is 9.59 Å². The van der Waals surface area contributed by atoms with Gasteiger partial charge in [-0.2, -0.15) is 0 Å². The smallest absolute Gasteiger partial charge is 0.228 e. The van der Waals surface area contributed by atoms with Gasteiger partial charge >= 0.3 is 0 Å². The van der Waals surface area contributed by atoms with E-state index in [-0.39, 0.29) is 23.7 Å². The molecular weight excluding hydrogens is 380 g/mol. The van der Waals surface area contributed by atoms with Gasteiger partial charge in [0.25, 0.3) is 0 Å². The SMILES string of the molecule is O=C(Nc1ccc(Cl)cc1)C1CC1C(=O)Nc1ccccc1Br. The van der Waals surface area contributed by atoms with Gasteiger partial charge in [0.2, 0.25) is 11.8 Å². The fourth-order valence-electron chi connectivity index (χ4n) is 2.33. The zero-order valence-corrected chi connectivity index (χ0v) is 14.4. The zero-order chi connectivity index (χ0) is 16.4. The summed E-state index contributed by atoms with van der Waals surface area (Å²) in [6, 6.07) is 14.3. The van der Waals surface area contributed by atoms with Crippen LogP contribution in [0.15, 0.2) is 53.0 Å². The van der Waals surface area contributed by atoms with E-state index in [2.05, 4.69) is 26.6 Å². The van der Waals surface area contributed by atoms with Crippen molar-refractivity contribution in [3.63, 3.8) is 0 Å². The van der Waals surface area contributed by atoms with Gasteiger partial charge in [-0.25, -0.2) is 0 Å². The molecule has 0 aromatic heterocycles. The Balaban J connectivity index is 1.56. The molecule has 4 nitrogen and oxygen atoms in total. The number of carbonyl (C=O) groups is 2. The van der Waals surface area contributed by atoms with Crippen molar-refractivity contribution in [3.05, 3.63) is 58.0 Å². The van der Waals surface area contributed by atoms with Crippen LogP contribution in [0.4, 0.5) is 11.4 Å². The predicted octanol–water partition coefficient (Wildman–Crippen LogP) is 4.32. The number of halogens is 2. The predicted molar refractivity (Wildman–Crippen MR) is 94.5 cm³/mol. The van der Waals surface area contributed by atoms with E-state index in [9.17, 15) is 9.59 Å². The number of amides is 2. The van der Waals surface area contributed by atoms with Gasteiger partial charge in [-0.15, -0.1) is 0 Å². The average Bonchev–Trinajstić information content (AvgIpc) is 3.32. The third-order valence-corrected chi connectivity index (χ3v) is 4.65. The molecule has 2 N–H and O–H groups in total. The van der Waals surface area contributed by atoms with Crippen molar-refractivity contribution >= 4 is 50.7 Å². The maximum atomic E-state index is 12.2. The minimum absolute atomic E-state index is 0.131. The van der Waals surface area contributed by atoms with Crippen molar-refractivity contribution in [1.82, 2.24) is 0 Å². The monoisotopic (exact) mass is 392 g/mol. The first-order valence-corrected chi connectivity index (χ1v) is 8.33. The van der Waals surface area contributed by atoms with Crippen LogP contribution in [0.2, 0.25) is 5.02 Å². The van der Waals surface area contributed by atoms with Gasteiger partial charge in [0.1, 0.15) is 0 Å². The average molecular weight is 394 g/mol. The molecule has 3 rings (SSSR count). The molecule has 6 heteroatoms. The van der Waals surface area contributed by atoms with E-state index in [4.69, 9.17) is 11.6 Å². The molecule has 1 saturated carbocycles. The molecule has 2 atom stereocenters. The molecule has 2 aromatic carbocycles. The summed E-state index contributed by atoms with van der Waals surface area (Å²) in [5, 5.41) is 6.26. The Kier molecular flexibility index (Phi) is 4.68. The molecule has 0 saturated heterocycles. The van der Waals surface area contributed by atoms with Gasteiger partial charge in [0, 0.05) is 15.2 Å². The normalized spacial score (nSPS) is 19.0. The molecule has 1 aliphatic carbocycles. The van der Waals surface area contributed by atoms with Crippen molar-refractivity contribution in [2.45, 2.75) is 6.42 Å². The molecule has 0 aliphatic heterocycles. The summed E-state index contributed by atoms with van der Waals surface area (Å²) < 4.78 is 0.816. The molecule has 1 fully saturated rings. The lowest BCUT2D eigenvalue weighted by molar-refractivity contribution is -0.122. The fourth-order valence-corrected chi connectivity index (χ4v) is 2.84. The van der Waals surface area contributed by atoms with E-state index in [1.165, 1.54) is 0 Å². The summed E-state index contributed by atoms with van der Waals surface area (Å²) in [6.07, 6.45) is 0.565. The summed E-state index contributed by atoms with van der Waals surface area (Å²) >= 11 is 9.19. The maximum Gasteiger partial charge on any atom is 0.228 e. The van der Waals surface area contributed by atoms with E-state index < -0.39 is 0 Å². The Morgan fingerprint density at radius 2 is 1.57 bits per heavy atom. The number of hydrogen-bond donors (Lipinski definition) is 2. The molecule has 0 radical (unpaired) electrons. The molecule has 0 spiro atoms. The van der Waals surface area contributed by atoms with Crippen molar-refractivity contribution < 1.29 is 9.59 Å². The molecule has 2 amide bonds. The van der Waals surface area contributed by atoms with Crippen LogP contribution in [0, 0.1) is 11.8 Å². The van der Waals surface area contributed by atoms with Crippen LogP contribution in [0.1, 0.15) is 6.42 Å². The van der Waals surface area contributed by atoms with Crippen LogP contribution in [0.5, 0.6) is 0 Å². The van der Waals surface area contributed by atoms with Crippen LogP contribution in [0.25, 0.3) is 0 Å². The van der Waals surface area contributed by atoms with Crippen molar-refractivity contribution in [3.8, 4) is 0 Å². The van der Waals surface area contributed by atoms with E-state index >= 15 is 0 Å². The number of benzene rings is 2. The first-order valence-electron chi connectivity index (χ1n) is 7.16. The largest absolute Gasteiger partial charge is 0.326 e. The summed E-state index contributed by atoms with van der Waals surface area (Å²) in [5.74, 6) is -0.838. The highest BCUT2D eigenvalue weighted by atomic mass is 79.9. The Bertz CT molecular complexity index is 749. The summed E-state index contributed by atoms with van der Waals surface area (Å²) in [6.45, 7) is 0.